The third-order valence-corrected chi connectivity index (χ3v) is 5.00. The van der Waals surface area contributed by atoms with Crippen LogP contribution in [0.15, 0.2) is 59.2 Å². The third kappa shape index (κ3) is 5.28. The van der Waals surface area contributed by atoms with Gasteiger partial charge in [0, 0.05) is 30.1 Å². The van der Waals surface area contributed by atoms with Crippen LogP contribution >= 0.6 is 35.3 Å². The number of aliphatic imine (C=N–C) groups is 1. The molecule has 8 heteroatoms. The predicted octanol–water partition coefficient (Wildman–Crippen LogP) is 3.42. The molecule has 1 atom stereocenters. The van der Waals surface area contributed by atoms with Gasteiger partial charge >= 0.3 is 0 Å². The van der Waals surface area contributed by atoms with Crippen molar-refractivity contribution in [2.75, 3.05) is 13.6 Å². The summed E-state index contributed by atoms with van der Waals surface area (Å²) in [5, 5.41) is 17.0. The Bertz CT molecular complexity index is 800. The molecule has 2 heterocycles. The molecular weight excluding hydrogens is 459 g/mol. The Kier molecular flexibility index (Phi) is 8.05. The molecule has 0 bridgehead atoms. The summed E-state index contributed by atoms with van der Waals surface area (Å²) in [6, 6.07) is 14.3. The lowest BCUT2D eigenvalue weighted by Crippen LogP contribution is -2.39. The summed E-state index contributed by atoms with van der Waals surface area (Å²) in [6.45, 7) is 3.58. The van der Waals surface area contributed by atoms with Gasteiger partial charge in [-0.25, -0.2) is 0 Å². The maximum atomic E-state index is 4.28. The molecule has 1 unspecified atom stereocenters. The Balaban J connectivity index is 0.00000243. The van der Waals surface area contributed by atoms with Gasteiger partial charge in [0.15, 0.2) is 11.8 Å². The number of halogens is 1. The second-order valence-electron chi connectivity index (χ2n) is 5.68. The zero-order chi connectivity index (χ0) is 17.5. The number of nitrogens with zero attached hydrogens (tertiary/aromatic N) is 4. The SMILES string of the molecule is CN=C(NCc1nncn1-c1ccccc1)NCC(C)c1cccs1.I. The third-order valence-electron chi connectivity index (χ3n) is 3.89. The summed E-state index contributed by atoms with van der Waals surface area (Å²) < 4.78 is 1.97. The van der Waals surface area contributed by atoms with Crippen LogP contribution in [0.3, 0.4) is 0 Å². The van der Waals surface area contributed by atoms with Gasteiger partial charge < -0.3 is 10.6 Å². The summed E-state index contributed by atoms with van der Waals surface area (Å²) in [6.07, 6.45) is 1.72. The number of benzene rings is 1. The minimum atomic E-state index is 0. The predicted molar refractivity (Wildman–Crippen MR) is 118 cm³/mol. The summed E-state index contributed by atoms with van der Waals surface area (Å²) >= 11 is 1.78. The first kappa shape index (κ1) is 20.4. The Labute approximate surface area is 174 Å². The largest absolute Gasteiger partial charge is 0.356 e. The van der Waals surface area contributed by atoms with Gasteiger partial charge in [-0.3, -0.25) is 9.56 Å². The van der Waals surface area contributed by atoms with Crippen molar-refractivity contribution in [3.05, 3.63) is 64.9 Å². The number of para-hydroxylation sites is 1. The number of guanidine groups is 1. The molecule has 26 heavy (non-hydrogen) atoms. The van der Waals surface area contributed by atoms with E-state index in [4.69, 9.17) is 0 Å². The van der Waals surface area contributed by atoms with Crippen molar-refractivity contribution in [1.82, 2.24) is 25.4 Å². The van der Waals surface area contributed by atoms with Crippen LogP contribution in [0.1, 0.15) is 23.5 Å². The molecule has 0 saturated carbocycles. The number of hydrogen-bond donors (Lipinski definition) is 2. The second-order valence-corrected chi connectivity index (χ2v) is 6.66. The smallest absolute Gasteiger partial charge is 0.191 e. The molecule has 2 aromatic heterocycles. The van der Waals surface area contributed by atoms with Crippen LogP contribution in [0.25, 0.3) is 5.69 Å². The first-order chi connectivity index (χ1) is 12.3. The van der Waals surface area contributed by atoms with E-state index in [0.29, 0.717) is 12.5 Å². The molecule has 3 rings (SSSR count). The molecule has 0 aliphatic carbocycles. The van der Waals surface area contributed by atoms with Crippen LogP contribution in [-0.2, 0) is 6.54 Å². The minimum absolute atomic E-state index is 0. The zero-order valence-corrected chi connectivity index (χ0v) is 17.9. The van der Waals surface area contributed by atoms with E-state index < -0.39 is 0 Å². The lowest BCUT2D eigenvalue weighted by Gasteiger charge is -2.15. The maximum Gasteiger partial charge on any atom is 0.191 e. The average molecular weight is 482 g/mol. The molecule has 0 fully saturated rings. The van der Waals surface area contributed by atoms with Crippen LogP contribution in [0.4, 0.5) is 0 Å². The number of rotatable bonds is 6. The van der Waals surface area contributed by atoms with Crippen LogP contribution in [0.5, 0.6) is 0 Å². The van der Waals surface area contributed by atoms with E-state index in [1.54, 1.807) is 24.7 Å². The van der Waals surface area contributed by atoms with Crippen molar-refractivity contribution in [2.45, 2.75) is 19.4 Å². The monoisotopic (exact) mass is 482 g/mol. The Morgan fingerprint density at radius 3 is 2.69 bits per heavy atom. The van der Waals surface area contributed by atoms with E-state index in [-0.39, 0.29) is 24.0 Å². The van der Waals surface area contributed by atoms with Gasteiger partial charge in [0.1, 0.15) is 6.33 Å². The van der Waals surface area contributed by atoms with Crippen molar-refractivity contribution in [3.63, 3.8) is 0 Å². The quantitative estimate of drug-likeness (QED) is 0.321. The minimum Gasteiger partial charge on any atom is -0.356 e. The van der Waals surface area contributed by atoms with Crippen molar-refractivity contribution in [1.29, 1.82) is 0 Å². The number of hydrogen-bond acceptors (Lipinski definition) is 4. The Morgan fingerprint density at radius 1 is 1.19 bits per heavy atom. The second kappa shape index (κ2) is 10.3. The van der Waals surface area contributed by atoms with Crippen LogP contribution in [0, 0.1) is 0 Å². The molecule has 0 radical (unpaired) electrons. The van der Waals surface area contributed by atoms with Crippen LogP contribution < -0.4 is 10.6 Å². The summed E-state index contributed by atoms with van der Waals surface area (Å²) in [4.78, 5) is 5.65. The summed E-state index contributed by atoms with van der Waals surface area (Å²) in [7, 11) is 1.77. The first-order valence-electron chi connectivity index (χ1n) is 8.20. The average Bonchev–Trinajstić information content (AvgIpc) is 3.34. The molecule has 0 aliphatic heterocycles. The number of nitrogens with one attached hydrogen (secondary N) is 2. The van der Waals surface area contributed by atoms with E-state index in [1.165, 1.54) is 4.88 Å². The highest BCUT2D eigenvalue weighted by molar-refractivity contribution is 14.0. The summed E-state index contributed by atoms with van der Waals surface area (Å²) in [5.74, 6) is 2.03. The van der Waals surface area contributed by atoms with Crippen molar-refractivity contribution < 1.29 is 0 Å². The maximum absolute atomic E-state index is 4.28. The van der Waals surface area contributed by atoms with Crippen molar-refractivity contribution >= 4 is 41.3 Å². The molecule has 0 amide bonds. The Hall–Kier alpha value is -1.94. The normalized spacial score (nSPS) is 12.3. The highest BCUT2D eigenvalue weighted by Gasteiger charge is 2.09. The van der Waals surface area contributed by atoms with Gasteiger partial charge in [0.05, 0.1) is 6.54 Å². The van der Waals surface area contributed by atoms with Gasteiger partial charge in [-0.2, -0.15) is 0 Å². The Morgan fingerprint density at radius 2 is 2.00 bits per heavy atom. The molecule has 2 N–H and O–H groups in total. The van der Waals surface area contributed by atoms with Gasteiger partial charge in [0.2, 0.25) is 0 Å². The molecule has 0 saturated heterocycles. The highest BCUT2D eigenvalue weighted by atomic mass is 127. The van der Waals surface area contributed by atoms with Crippen molar-refractivity contribution in [2.24, 2.45) is 4.99 Å². The van der Waals surface area contributed by atoms with Gasteiger partial charge in [-0.1, -0.05) is 31.2 Å². The van der Waals surface area contributed by atoms with E-state index in [1.807, 2.05) is 34.9 Å². The number of aromatic nitrogens is 3. The lowest BCUT2D eigenvalue weighted by molar-refractivity contribution is 0.698. The van der Waals surface area contributed by atoms with E-state index >= 15 is 0 Å². The van der Waals surface area contributed by atoms with Gasteiger partial charge in [-0.05, 0) is 23.6 Å². The van der Waals surface area contributed by atoms with E-state index in [0.717, 1.165) is 24.0 Å². The molecule has 0 aliphatic rings. The van der Waals surface area contributed by atoms with Crippen molar-refractivity contribution in [3.8, 4) is 5.69 Å². The molecule has 0 spiro atoms. The standard InChI is InChI=1S/C18H22N6S.HI/c1-14(16-9-6-10-25-16)11-20-18(19-2)21-12-17-23-22-13-24(17)15-7-4-3-5-8-15;/h3-10,13-14H,11-12H2,1-2H3,(H2,19,20,21);1H. The molecule has 6 nitrogen and oxygen atoms in total. The van der Waals surface area contributed by atoms with Crippen LogP contribution in [0.2, 0.25) is 0 Å². The number of thiophene rings is 1. The highest BCUT2D eigenvalue weighted by Crippen LogP contribution is 2.19. The first-order valence-corrected chi connectivity index (χ1v) is 9.08. The summed E-state index contributed by atoms with van der Waals surface area (Å²) in [5.41, 5.74) is 1.04. The van der Waals surface area contributed by atoms with E-state index in [2.05, 4.69) is 50.3 Å². The van der Waals surface area contributed by atoms with E-state index in [9.17, 15) is 0 Å². The lowest BCUT2D eigenvalue weighted by atomic mass is 10.1. The fourth-order valence-electron chi connectivity index (χ4n) is 2.49. The van der Waals surface area contributed by atoms with Gasteiger partial charge in [-0.15, -0.1) is 45.5 Å². The van der Waals surface area contributed by atoms with Crippen LogP contribution in [-0.4, -0.2) is 34.3 Å². The van der Waals surface area contributed by atoms with Gasteiger partial charge in [0.25, 0.3) is 0 Å². The molecule has 1 aromatic carbocycles. The molecule has 138 valence electrons. The topological polar surface area (TPSA) is 67.1 Å². The molecular formula is C18H23IN6S. The zero-order valence-electron chi connectivity index (χ0n) is 14.8. The molecule has 3 aromatic rings. The fourth-order valence-corrected chi connectivity index (χ4v) is 3.28. The fraction of sp³-hybridized carbons (Fsp3) is 0.278.